The lowest BCUT2D eigenvalue weighted by Gasteiger charge is -2.29. The van der Waals surface area contributed by atoms with Crippen molar-refractivity contribution in [2.75, 3.05) is 20.8 Å². The molecule has 0 bridgehead atoms. The molecule has 2 aliphatic rings. The molecule has 1 aliphatic carbocycles. The molecule has 92 valence electrons. The second-order valence-electron chi connectivity index (χ2n) is 3.72. The topological polar surface area (TPSA) is 44.8 Å². The Bertz CT molecular complexity index is 434. The Morgan fingerprint density at radius 2 is 2.24 bits per heavy atom. The first kappa shape index (κ1) is 12.2. The molecule has 1 heterocycles. The average Bonchev–Trinajstić information content (AvgIpc) is 2.37. The molecular formula is C12H13BrO4. The van der Waals surface area contributed by atoms with Crippen LogP contribution in [0.1, 0.15) is 6.42 Å². The number of hydrogen-bond acceptors (Lipinski definition) is 4. The SMILES string of the molecule is COC(=O)C1=C2C=CC(Br)=C(OC)C2CCO1. The van der Waals surface area contributed by atoms with Gasteiger partial charge < -0.3 is 14.2 Å². The summed E-state index contributed by atoms with van der Waals surface area (Å²) < 4.78 is 16.4. The van der Waals surface area contributed by atoms with Crippen LogP contribution in [0.3, 0.4) is 0 Å². The second-order valence-corrected chi connectivity index (χ2v) is 4.57. The van der Waals surface area contributed by atoms with Gasteiger partial charge in [0.25, 0.3) is 0 Å². The van der Waals surface area contributed by atoms with Crippen LogP contribution in [0.5, 0.6) is 0 Å². The lowest BCUT2D eigenvalue weighted by Crippen LogP contribution is -2.25. The third-order valence-electron chi connectivity index (χ3n) is 2.84. The number of ether oxygens (including phenoxy) is 3. The van der Waals surface area contributed by atoms with Gasteiger partial charge in [-0.3, -0.25) is 0 Å². The Morgan fingerprint density at radius 3 is 2.88 bits per heavy atom. The van der Waals surface area contributed by atoms with Gasteiger partial charge in [0.05, 0.1) is 25.3 Å². The Labute approximate surface area is 108 Å². The van der Waals surface area contributed by atoms with Crippen LogP contribution in [0.2, 0.25) is 0 Å². The maximum atomic E-state index is 11.6. The molecule has 5 heteroatoms. The maximum Gasteiger partial charge on any atom is 0.373 e. The molecular weight excluding hydrogens is 288 g/mol. The Balaban J connectivity index is 2.44. The van der Waals surface area contributed by atoms with E-state index >= 15 is 0 Å². The van der Waals surface area contributed by atoms with Crippen molar-refractivity contribution in [2.24, 2.45) is 5.92 Å². The van der Waals surface area contributed by atoms with Gasteiger partial charge >= 0.3 is 5.97 Å². The van der Waals surface area contributed by atoms with Gasteiger partial charge in [0, 0.05) is 11.5 Å². The van der Waals surface area contributed by atoms with Gasteiger partial charge in [-0.2, -0.15) is 0 Å². The smallest absolute Gasteiger partial charge is 0.373 e. The molecule has 0 saturated carbocycles. The van der Waals surface area contributed by atoms with Crippen LogP contribution in [0.25, 0.3) is 0 Å². The van der Waals surface area contributed by atoms with Crippen LogP contribution < -0.4 is 0 Å². The van der Waals surface area contributed by atoms with Gasteiger partial charge in [0.1, 0.15) is 5.76 Å². The first-order valence-electron chi connectivity index (χ1n) is 5.26. The standard InChI is InChI=1S/C12H13BrO4/c1-15-10-8-5-6-17-11(12(14)16-2)7(8)3-4-9(10)13/h3-4,8H,5-6H2,1-2H3. The van der Waals surface area contributed by atoms with Crippen LogP contribution in [0.4, 0.5) is 0 Å². The summed E-state index contributed by atoms with van der Waals surface area (Å²) >= 11 is 3.44. The minimum Gasteiger partial charge on any atom is -0.499 e. The molecule has 17 heavy (non-hydrogen) atoms. The van der Waals surface area contributed by atoms with Crippen molar-refractivity contribution < 1.29 is 19.0 Å². The van der Waals surface area contributed by atoms with Gasteiger partial charge in [-0.1, -0.05) is 6.08 Å². The zero-order valence-corrected chi connectivity index (χ0v) is 11.2. The van der Waals surface area contributed by atoms with E-state index in [-0.39, 0.29) is 11.7 Å². The van der Waals surface area contributed by atoms with Crippen molar-refractivity contribution in [1.29, 1.82) is 0 Å². The number of allylic oxidation sites excluding steroid dienone is 4. The Morgan fingerprint density at radius 1 is 1.47 bits per heavy atom. The third-order valence-corrected chi connectivity index (χ3v) is 3.50. The number of halogens is 1. The molecule has 0 radical (unpaired) electrons. The highest BCUT2D eigenvalue weighted by molar-refractivity contribution is 9.11. The van der Waals surface area contributed by atoms with Crippen LogP contribution >= 0.6 is 15.9 Å². The van der Waals surface area contributed by atoms with Crippen molar-refractivity contribution in [3.8, 4) is 0 Å². The lowest BCUT2D eigenvalue weighted by atomic mass is 9.87. The van der Waals surface area contributed by atoms with Gasteiger partial charge in [-0.25, -0.2) is 4.79 Å². The normalized spacial score (nSPS) is 23.1. The number of fused-ring (bicyclic) bond motifs is 1. The predicted octanol–water partition coefficient (Wildman–Crippen LogP) is 2.27. The van der Waals surface area contributed by atoms with E-state index in [1.807, 2.05) is 12.2 Å². The van der Waals surface area contributed by atoms with Crippen molar-refractivity contribution in [3.05, 3.63) is 33.7 Å². The predicted molar refractivity (Wildman–Crippen MR) is 65.2 cm³/mol. The minimum atomic E-state index is -0.442. The fourth-order valence-electron chi connectivity index (χ4n) is 2.06. The minimum absolute atomic E-state index is 0.0576. The largest absolute Gasteiger partial charge is 0.499 e. The molecule has 0 fully saturated rings. The van der Waals surface area contributed by atoms with Gasteiger partial charge in [0.2, 0.25) is 5.76 Å². The average molecular weight is 301 g/mol. The highest BCUT2D eigenvalue weighted by Crippen LogP contribution is 2.39. The number of methoxy groups -OCH3 is 2. The van der Waals surface area contributed by atoms with Crippen molar-refractivity contribution in [1.82, 2.24) is 0 Å². The van der Waals surface area contributed by atoms with E-state index in [9.17, 15) is 4.79 Å². The van der Waals surface area contributed by atoms with E-state index in [0.29, 0.717) is 6.61 Å². The summed E-state index contributed by atoms with van der Waals surface area (Å²) in [6, 6.07) is 0. The Kier molecular flexibility index (Phi) is 3.57. The molecule has 0 saturated heterocycles. The van der Waals surface area contributed by atoms with E-state index in [0.717, 1.165) is 22.2 Å². The lowest BCUT2D eigenvalue weighted by molar-refractivity contribution is -0.140. The number of carbonyl (C=O) groups excluding carboxylic acids is 1. The summed E-state index contributed by atoms with van der Waals surface area (Å²) in [6.07, 6.45) is 4.50. The van der Waals surface area contributed by atoms with E-state index in [1.165, 1.54) is 7.11 Å². The van der Waals surface area contributed by atoms with E-state index in [1.54, 1.807) is 7.11 Å². The second kappa shape index (κ2) is 4.96. The Hall–Kier alpha value is -1.23. The zero-order valence-electron chi connectivity index (χ0n) is 9.66. The van der Waals surface area contributed by atoms with Crippen molar-refractivity contribution in [3.63, 3.8) is 0 Å². The first-order valence-corrected chi connectivity index (χ1v) is 6.05. The number of hydrogen-bond donors (Lipinski definition) is 0. The molecule has 4 nitrogen and oxygen atoms in total. The highest BCUT2D eigenvalue weighted by Gasteiger charge is 2.33. The molecule has 1 unspecified atom stereocenters. The molecule has 1 aliphatic heterocycles. The summed E-state index contributed by atoms with van der Waals surface area (Å²) in [7, 11) is 2.97. The van der Waals surface area contributed by atoms with E-state index < -0.39 is 5.97 Å². The number of esters is 1. The van der Waals surface area contributed by atoms with E-state index in [2.05, 4.69) is 15.9 Å². The maximum absolute atomic E-state index is 11.6. The van der Waals surface area contributed by atoms with E-state index in [4.69, 9.17) is 14.2 Å². The quantitative estimate of drug-likeness (QED) is 0.734. The molecule has 0 aromatic rings. The molecule has 1 atom stereocenters. The molecule has 0 aromatic heterocycles. The summed E-state index contributed by atoms with van der Waals surface area (Å²) in [5.74, 6) is 0.729. The summed E-state index contributed by atoms with van der Waals surface area (Å²) in [5.41, 5.74) is 0.822. The molecule has 0 spiro atoms. The van der Waals surface area contributed by atoms with Crippen LogP contribution in [0, 0.1) is 5.92 Å². The molecule has 0 aromatic carbocycles. The summed E-state index contributed by atoms with van der Waals surface area (Å²) in [5, 5.41) is 0. The van der Waals surface area contributed by atoms with Crippen LogP contribution in [-0.4, -0.2) is 26.8 Å². The fraction of sp³-hybridized carbons (Fsp3) is 0.417. The molecule has 2 rings (SSSR count). The van der Waals surface area contributed by atoms with Crippen LogP contribution in [-0.2, 0) is 19.0 Å². The molecule has 0 amide bonds. The number of rotatable bonds is 2. The molecule has 0 N–H and O–H groups in total. The fourth-order valence-corrected chi connectivity index (χ4v) is 2.63. The van der Waals surface area contributed by atoms with Gasteiger partial charge in [-0.15, -0.1) is 0 Å². The van der Waals surface area contributed by atoms with Gasteiger partial charge in [-0.05, 0) is 28.4 Å². The van der Waals surface area contributed by atoms with Crippen molar-refractivity contribution in [2.45, 2.75) is 6.42 Å². The number of carbonyl (C=O) groups is 1. The third kappa shape index (κ3) is 2.11. The van der Waals surface area contributed by atoms with Crippen molar-refractivity contribution >= 4 is 21.9 Å². The zero-order chi connectivity index (χ0) is 12.4. The first-order chi connectivity index (χ1) is 8.19. The van der Waals surface area contributed by atoms with Gasteiger partial charge in [0.15, 0.2) is 0 Å². The highest BCUT2D eigenvalue weighted by atomic mass is 79.9. The monoisotopic (exact) mass is 300 g/mol. The van der Waals surface area contributed by atoms with Crippen LogP contribution in [0.15, 0.2) is 33.7 Å². The summed E-state index contributed by atoms with van der Waals surface area (Å²) in [6.45, 7) is 0.486. The summed E-state index contributed by atoms with van der Waals surface area (Å²) in [4.78, 5) is 11.6.